The van der Waals surface area contributed by atoms with Gasteiger partial charge in [0.15, 0.2) is 0 Å². The molecule has 8 heteroatoms. The van der Waals surface area contributed by atoms with Gasteiger partial charge in [0.25, 0.3) is 0 Å². The number of halogens is 1. The molecule has 4 unspecified atom stereocenters. The fourth-order valence-electron chi connectivity index (χ4n) is 3.20. The Morgan fingerprint density at radius 1 is 1.19 bits per heavy atom. The van der Waals surface area contributed by atoms with Crippen molar-refractivity contribution in [2.75, 3.05) is 0 Å². The fraction of sp³-hybridized carbons (Fsp3) is 0.444. The zero-order valence-electron chi connectivity index (χ0n) is 14.0. The van der Waals surface area contributed by atoms with Crippen molar-refractivity contribution in [3.05, 3.63) is 34.4 Å². The Kier molecular flexibility index (Phi) is 5.22. The third-order valence-electron chi connectivity index (χ3n) is 4.44. The van der Waals surface area contributed by atoms with Gasteiger partial charge in [-0.2, -0.15) is 0 Å². The first kappa shape index (κ1) is 18.7. The summed E-state index contributed by atoms with van der Waals surface area (Å²) < 4.78 is 10.9. The summed E-state index contributed by atoms with van der Waals surface area (Å²) in [7, 11) is 0. The third-order valence-corrected chi connectivity index (χ3v) is 4.86. The second kappa shape index (κ2) is 7.26. The molecule has 0 radical (unpaired) electrons. The van der Waals surface area contributed by atoms with Gasteiger partial charge in [0.1, 0.15) is 35.1 Å². The highest BCUT2D eigenvalue weighted by Crippen LogP contribution is 2.37. The minimum atomic E-state index is -0.911. The molecule has 26 heavy (non-hydrogen) atoms. The summed E-state index contributed by atoms with van der Waals surface area (Å²) in [6.07, 6.45) is 0.565. The van der Waals surface area contributed by atoms with Gasteiger partial charge in [-0.05, 0) is 6.92 Å². The molecular formula is C18H19ClO7. The molecule has 0 saturated heterocycles. The lowest BCUT2D eigenvalue weighted by molar-refractivity contribution is -0.121. The van der Waals surface area contributed by atoms with E-state index in [1.54, 1.807) is 19.1 Å². The van der Waals surface area contributed by atoms with Gasteiger partial charge in [-0.3, -0.25) is 4.79 Å². The maximum atomic E-state index is 12.5. The monoisotopic (exact) mass is 382 g/mol. The predicted octanol–water partition coefficient (Wildman–Crippen LogP) is 1.89. The van der Waals surface area contributed by atoms with E-state index in [2.05, 4.69) is 0 Å². The molecule has 0 spiro atoms. The SMILES string of the molecule is CC1CC(O)C2C=CC(CC(=O)Cc3c(Cl)c(O)cc(O)c3C(=O)O1)O2. The van der Waals surface area contributed by atoms with E-state index in [-0.39, 0.29) is 41.2 Å². The molecule has 1 aromatic rings. The van der Waals surface area contributed by atoms with E-state index in [0.717, 1.165) is 6.07 Å². The van der Waals surface area contributed by atoms with Crippen molar-refractivity contribution in [3.63, 3.8) is 0 Å². The lowest BCUT2D eigenvalue weighted by Crippen LogP contribution is -2.31. The number of Topliss-reactive ketones (excluding diaryl/α,β-unsaturated/α-hetero) is 1. The minimum Gasteiger partial charge on any atom is -0.507 e. The number of aromatic hydroxyl groups is 2. The molecule has 0 saturated carbocycles. The van der Waals surface area contributed by atoms with Crippen LogP contribution >= 0.6 is 11.6 Å². The largest absolute Gasteiger partial charge is 0.507 e. The van der Waals surface area contributed by atoms with E-state index in [0.29, 0.717) is 0 Å². The van der Waals surface area contributed by atoms with E-state index in [4.69, 9.17) is 21.1 Å². The van der Waals surface area contributed by atoms with E-state index in [1.165, 1.54) is 0 Å². The zero-order chi connectivity index (χ0) is 19.0. The Bertz CT molecular complexity index is 773. The van der Waals surface area contributed by atoms with E-state index in [9.17, 15) is 24.9 Å². The minimum absolute atomic E-state index is 0.00434. The van der Waals surface area contributed by atoms with Gasteiger partial charge >= 0.3 is 5.97 Å². The summed E-state index contributed by atoms with van der Waals surface area (Å²) in [6, 6.07) is 0.929. The maximum Gasteiger partial charge on any atom is 0.342 e. The molecule has 3 rings (SSSR count). The molecule has 1 aromatic carbocycles. The number of phenols is 2. The average molecular weight is 383 g/mol. The van der Waals surface area contributed by atoms with Crippen molar-refractivity contribution < 1.29 is 34.4 Å². The Hall–Kier alpha value is -2.09. The van der Waals surface area contributed by atoms with Crippen LogP contribution in [-0.4, -0.2) is 51.5 Å². The predicted molar refractivity (Wildman–Crippen MR) is 91.4 cm³/mol. The van der Waals surface area contributed by atoms with Crippen molar-refractivity contribution in [3.8, 4) is 11.5 Å². The smallest absolute Gasteiger partial charge is 0.342 e. The van der Waals surface area contributed by atoms with Crippen LogP contribution in [0.4, 0.5) is 0 Å². The second-order valence-corrected chi connectivity index (χ2v) is 6.92. The lowest BCUT2D eigenvalue weighted by atomic mass is 9.98. The zero-order valence-corrected chi connectivity index (χ0v) is 14.8. The van der Waals surface area contributed by atoms with Crippen LogP contribution in [0.2, 0.25) is 5.02 Å². The highest BCUT2D eigenvalue weighted by atomic mass is 35.5. The molecule has 2 aliphatic rings. The van der Waals surface area contributed by atoms with Crippen LogP contribution in [0.25, 0.3) is 0 Å². The van der Waals surface area contributed by atoms with Gasteiger partial charge in [-0.15, -0.1) is 0 Å². The molecule has 4 atom stereocenters. The number of rotatable bonds is 0. The van der Waals surface area contributed by atoms with Gasteiger partial charge in [-0.25, -0.2) is 4.79 Å². The first-order valence-electron chi connectivity index (χ1n) is 8.24. The number of cyclic esters (lactones) is 1. The molecule has 0 aromatic heterocycles. The summed E-state index contributed by atoms with van der Waals surface area (Å²) in [5.74, 6) is -2.15. The number of carbonyl (C=O) groups excluding carboxylic acids is 2. The summed E-state index contributed by atoms with van der Waals surface area (Å²) in [4.78, 5) is 24.9. The standard InChI is InChI=1S/C18H19ClO7/c1-8-4-12(21)15-3-2-10(26-15)5-9(20)6-11-16(18(24)25-8)13(22)7-14(23)17(11)19/h2-3,7-8,10,12,15,21-23H,4-6H2,1H3. The molecule has 2 heterocycles. The Balaban J connectivity index is 2.02. The molecular weight excluding hydrogens is 364 g/mol. The Labute approximate surface area is 154 Å². The first-order chi connectivity index (χ1) is 12.3. The van der Waals surface area contributed by atoms with Crippen LogP contribution in [0.15, 0.2) is 18.2 Å². The van der Waals surface area contributed by atoms with E-state index in [1.807, 2.05) is 0 Å². The van der Waals surface area contributed by atoms with Gasteiger partial charge in [0, 0.05) is 30.9 Å². The number of phenolic OH excluding ortho intramolecular Hbond substituents is 2. The van der Waals surface area contributed by atoms with Gasteiger partial charge in [0.2, 0.25) is 0 Å². The normalized spacial score (nSPS) is 29.3. The number of esters is 1. The number of ketones is 1. The molecule has 0 amide bonds. The summed E-state index contributed by atoms with van der Waals surface area (Å²) in [5, 5.41) is 30.0. The number of hydrogen-bond donors (Lipinski definition) is 3. The number of carbonyl (C=O) groups is 2. The number of aliphatic hydroxyl groups excluding tert-OH is 1. The highest BCUT2D eigenvalue weighted by Gasteiger charge is 2.32. The quantitative estimate of drug-likeness (QED) is 0.463. The summed E-state index contributed by atoms with van der Waals surface area (Å²) >= 11 is 6.07. The van der Waals surface area contributed by atoms with Crippen molar-refractivity contribution in [1.82, 2.24) is 0 Å². The van der Waals surface area contributed by atoms with Crippen LogP contribution < -0.4 is 0 Å². The third kappa shape index (κ3) is 3.70. The Morgan fingerprint density at radius 3 is 2.65 bits per heavy atom. The topological polar surface area (TPSA) is 113 Å². The van der Waals surface area contributed by atoms with Crippen LogP contribution in [0.5, 0.6) is 11.5 Å². The summed E-state index contributed by atoms with van der Waals surface area (Å²) in [5.41, 5.74) is -0.256. The van der Waals surface area contributed by atoms with Crippen molar-refractivity contribution in [2.24, 2.45) is 0 Å². The lowest BCUT2D eigenvalue weighted by Gasteiger charge is -2.22. The average Bonchev–Trinajstić information content (AvgIpc) is 2.99. The van der Waals surface area contributed by atoms with Crippen LogP contribution in [-0.2, 0) is 20.7 Å². The fourth-order valence-corrected chi connectivity index (χ4v) is 3.41. The van der Waals surface area contributed by atoms with Crippen molar-refractivity contribution >= 4 is 23.4 Å². The molecule has 0 aliphatic carbocycles. The number of fused-ring (bicyclic) bond motifs is 3. The molecule has 0 fully saturated rings. The molecule has 140 valence electrons. The van der Waals surface area contributed by atoms with Crippen LogP contribution in [0.1, 0.15) is 35.7 Å². The van der Waals surface area contributed by atoms with Gasteiger partial charge in [-0.1, -0.05) is 23.8 Å². The van der Waals surface area contributed by atoms with E-state index >= 15 is 0 Å². The molecule has 2 aliphatic heterocycles. The van der Waals surface area contributed by atoms with Crippen molar-refractivity contribution in [1.29, 1.82) is 0 Å². The maximum absolute atomic E-state index is 12.5. The van der Waals surface area contributed by atoms with E-state index < -0.39 is 41.9 Å². The Morgan fingerprint density at radius 2 is 1.92 bits per heavy atom. The highest BCUT2D eigenvalue weighted by molar-refractivity contribution is 6.33. The van der Waals surface area contributed by atoms with Gasteiger partial charge in [0.05, 0.1) is 17.2 Å². The molecule has 2 bridgehead atoms. The second-order valence-electron chi connectivity index (χ2n) is 6.54. The number of aliphatic hydroxyl groups is 1. The molecule has 3 N–H and O–H groups in total. The number of ether oxygens (including phenoxy) is 2. The van der Waals surface area contributed by atoms with Gasteiger partial charge < -0.3 is 24.8 Å². The van der Waals surface area contributed by atoms with Crippen molar-refractivity contribution in [2.45, 2.75) is 50.6 Å². The number of hydrogen-bond acceptors (Lipinski definition) is 7. The number of benzene rings is 1. The van der Waals surface area contributed by atoms with Crippen LogP contribution in [0, 0.1) is 0 Å². The first-order valence-corrected chi connectivity index (χ1v) is 8.62. The molecule has 7 nitrogen and oxygen atoms in total. The van der Waals surface area contributed by atoms with Crippen LogP contribution in [0.3, 0.4) is 0 Å². The summed E-state index contributed by atoms with van der Waals surface area (Å²) in [6.45, 7) is 1.60.